The van der Waals surface area contributed by atoms with Crippen LogP contribution in [-0.2, 0) is 25.8 Å². The van der Waals surface area contributed by atoms with Gasteiger partial charge in [0, 0.05) is 18.5 Å². The Morgan fingerprint density at radius 2 is 1.53 bits per heavy atom. The average molecular weight is 525 g/mol. The Bertz CT molecular complexity index is 1190. The summed E-state index contributed by atoms with van der Waals surface area (Å²) in [7, 11) is -4.02. The summed E-state index contributed by atoms with van der Waals surface area (Å²) in [5.74, 6) is -2.06. The number of alkyl halides is 3. The van der Waals surface area contributed by atoms with E-state index in [2.05, 4.69) is 4.72 Å². The quantitative estimate of drug-likeness (QED) is 0.589. The van der Waals surface area contributed by atoms with Crippen LogP contribution in [0, 0.1) is 11.8 Å². The lowest BCUT2D eigenvalue weighted by Crippen LogP contribution is -2.42. The summed E-state index contributed by atoms with van der Waals surface area (Å²) in [6, 6.07) is 11.8. The van der Waals surface area contributed by atoms with Crippen molar-refractivity contribution in [3.8, 4) is 0 Å². The van der Waals surface area contributed by atoms with Gasteiger partial charge in [0.1, 0.15) is 0 Å². The van der Waals surface area contributed by atoms with Gasteiger partial charge in [0.25, 0.3) is 0 Å². The highest BCUT2D eigenvalue weighted by Gasteiger charge is 2.42. The molecule has 1 amide bonds. The maximum atomic E-state index is 13.4. The van der Waals surface area contributed by atoms with E-state index in [1.54, 1.807) is 4.90 Å². The molecule has 194 valence electrons. The van der Waals surface area contributed by atoms with E-state index in [-0.39, 0.29) is 29.3 Å². The number of carboxylic acid groups (broad SMARTS) is 1. The van der Waals surface area contributed by atoms with Crippen molar-refractivity contribution in [3.63, 3.8) is 0 Å². The third-order valence-corrected chi connectivity index (χ3v) is 8.54. The van der Waals surface area contributed by atoms with E-state index in [9.17, 15) is 36.3 Å². The summed E-state index contributed by atoms with van der Waals surface area (Å²) < 4.78 is 66.1. The van der Waals surface area contributed by atoms with Crippen molar-refractivity contribution in [1.29, 1.82) is 0 Å². The summed E-state index contributed by atoms with van der Waals surface area (Å²) >= 11 is 0. The first-order valence-electron chi connectivity index (χ1n) is 11.7. The highest BCUT2D eigenvalue weighted by atomic mass is 32.2. The van der Waals surface area contributed by atoms with E-state index in [4.69, 9.17) is 0 Å². The molecule has 0 radical (unpaired) electrons. The second-order valence-electron chi connectivity index (χ2n) is 9.38. The van der Waals surface area contributed by atoms with Crippen molar-refractivity contribution < 1.29 is 36.3 Å². The third-order valence-electron chi connectivity index (χ3n) is 7.01. The number of halogens is 3. The largest absolute Gasteiger partial charge is 0.481 e. The minimum Gasteiger partial charge on any atom is -0.481 e. The molecule has 1 saturated carbocycles. The van der Waals surface area contributed by atoms with Crippen LogP contribution in [0.15, 0.2) is 59.5 Å². The molecule has 0 aromatic heterocycles. The van der Waals surface area contributed by atoms with E-state index >= 15 is 0 Å². The van der Waals surface area contributed by atoms with Crippen LogP contribution < -0.4 is 4.72 Å². The Morgan fingerprint density at radius 3 is 2.08 bits per heavy atom. The van der Waals surface area contributed by atoms with Gasteiger partial charge in [-0.25, -0.2) is 13.1 Å². The lowest BCUT2D eigenvalue weighted by atomic mass is 9.85. The first-order valence-corrected chi connectivity index (χ1v) is 13.2. The number of benzene rings is 2. The molecule has 2 aliphatic rings. The number of nitrogens with one attached hydrogen (secondary N) is 1. The number of amides is 1. The van der Waals surface area contributed by atoms with Crippen molar-refractivity contribution in [2.45, 2.75) is 55.3 Å². The molecule has 2 aromatic rings. The molecule has 4 rings (SSSR count). The Labute approximate surface area is 207 Å². The molecular weight excluding hydrogens is 497 g/mol. The first-order chi connectivity index (χ1) is 17.0. The monoisotopic (exact) mass is 524 g/mol. The Kier molecular flexibility index (Phi) is 7.42. The molecule has 2 fully saturated rings. The number of rotatable bonds is 6. The number of nitrogens with zero attached hydrogens (tertiary/aromatic N) is 1. The van der Waals surface area contributed by atoms with Gasteiger partial charge in [-0.15, -0.1) is 0 Å². The number of carboxylic acids is 1. The highest BCUT2D eigenvalue weighted by Crippen LogP contribution is 2.39. The Hall–Kier alpha value is -2.92. The highest BCUT2D eigenvalue weighted by molar-refractivity contribution is 7.89. The molecule has 1 aliphatic carbocycles. The predicted octanol–water partition coefficient (Wildman–Crippen LogP) is 4.22. The minimum absolute atomic E-state index is 0.128. The average Bonchev–Trinajstić information content (AvgIpc) is 3.30. The molecule has 2 N–H and O–H groups in total. The van der Waals surface area contributed by atoms with E-state index in [1.165, 1.54) is 0 Å². The molecule has 11 heteroatoms. The maximum absolute atomic E-state index is 13.4. The lowest BCUT2D eigenvalue weighted by Gasteiger charge is -2.33. The van der Waals surface area contributed by atoms with Crippen LogP contribution in [0.3, 0.4) is 0 Å². The van der Waals surface area contributed by atoms with Gasteiger partial charge in [-0.3, -0.25) is 9.59 Å². The standard InChI is InChI=1S/C25H27F3N2O5S/c26-25(27,28)19-8-12-21(13-9-19)36(34,35)29-20-10-6-17(7-11-20)23(31)30-15-18(24(32)33)14-22(30)16-4-2-1-3-5-16/h1-5,8-9,12-13,17-18,20,22,29H,6-7,10-11,14-15H2,(H,32,33)/t17-,18?,20-,22?. The smallest absolute Gasteiger partial charge is 0.416 e. The molecule has 0 bridgehead atoms. The summed E-state index contributed by atoms with van der Waals surface area (Å²) in [6.07, 6.45) is -2.58. The minimum atomic E-state index is -4.56. The normalized spacial score (nSPS) is 25.0. The maximum Gasteiger partial charge on any atom is 0.416 e. The fraction of sp³-hybridized carbons (Fsp3) is 0.440. The van der Waals surface area contributed by atoms with Gasteiger partial charge in [-0.1, -0.05) is 30.3 Å². The number of hydrogen-bond donors (Lipinski definition) is 2. The third kappa shape index (κ3) is 5.73. The van der Waals surface area contributed by atoms with E-state index in [0.717, 1.165) is 29.8 Å². The number of likely N-dealkylation sites (tertiary alicyclic amines) is 1. The molecule has 7 nitrogen and oxygen atoms in total. The Morgan fingerprint density at radius 1 is 0.917 bits per heavy atom. The first kappa shape index (κ1) is 26.2. The second-order valence-corrected chi connectivity index (χ2v) is 11.1. The second kappa shape index (κ2) is 10.2. The fourth-order valence-corrected chi connectivity index (χ4v) is 6.36. The van der Waals surface area contributed by atoms with Crippen LogP contribution in [-0.4, -0.2) is 42.9 Å². The summed E-state index contributed by atoms with van der Waals surface area (Å²) in [4.78, 5) is 26.4. The molecule has 1 aliphatic heterocycles. The number of carbonyl (C=O) groups is 2. The van der Waals surface area contributed by atoms with Crippen molar-refractivity contribution >= 4 is 21.9 Å². The number of carbonyl (C=O) groups excluding carboxylic acids is 1. The number of sulfonamides is 1. The zero-order valence-corrected chi connectivity index (χ0v) is 20.1. The van der Waals surface area contributed by atoms with Crippen molar-refractivity contribution in [1.82, 2.24) is 9.62 Å². The van der Waals surface area contributed by atoms with Crippen LogP contribution in [0.1, 0.15) is 49.3 Å². The summed E-state index contributed by atoms with van der Waals surface area (Å²) in [6.45, 7) is 0.133. The van der Waals surface area contributed by atoms with Crippen LogP contribution in [0.4, 0.5) is 13.2 Å². The fourth-order valence-electron chi connectivity index (χ4n) is 5.05. The Balaban J connectivity index is 1.38. The molecule has 2 aromatic carbocycles. The lowest BCUT2D eigenvalue weighted by molar-refractivity contribution is -0.142. The molecule has 2 atom stereocenters. The SMILES string of the molecule is O=C(O)C1CC(c2ccccc2)N(C(=O)[C@H]2CC[C@H](NS(=O)(=O)c3ccc(C(F)(F)F)cc3)CC2)C1. The molecule has 36 heavy (non-hydrogen) atoms. The van der Waals surface area contributed by atoms with Crippen LogP contribution in [0.5, 0.6) is 0 Å². The van der Waals surface area contributed by atoms with Gasteiger partial charge in [-0.05, 0) is 61.9 Å². The van der Waals surface area contributed by atoms with Crippen molar-refractivity contribution in [2.75, 3.05) is 6.54 Å². The molecule has 1 saturated heterocycles. The van der Waals surface area contributed by atoms with Gasteiger partial charge in [0.15, 0.2) is 0 Å². The van der Waals surface area contributed by atoms with E-state index < -0.39 is 39.7 Å². The van der Waals surface area contributed by atoms with Gasteiger partial charge in [-0.2, -0.15) is 13.2 Å². The van der Waals surface area contributed by atoms with Crippen LogP contribution in [0.25, 0.3) is 0 Å². The molecule has 2 unspecified atom stereocenters. The van der Waals surface area contributed by atoms with Gasteiger partial charge in [0.2, 0.25) is 15.9 Å². The molecule has 1 heterocycles. The molecule has 0 spiro atoms. The topological polar surface area (TPSA) is 104 Å². The van der Waals surface area contributed by atoms with Crippen molar-refractivity contribution in [3.05, 3.63) is 65.7 Å². The van der Waals surface area contributed by atoms with Gasteiger partial charge >= 0.3 is 12.1 Å². The van der Waals surface area contributed by atoms with E-state index in [1.807, 2.05) is 30.3 Å². The van der Waals surface area contributed by atoms with Gasteiger partial charge in [0.05, 0.1) is 22.4 Å². The van der Waals surface area contributed by atoms with Crippen LogP contribution in [0.2, 0.25) is 0 Å². The zero-order valence-electron chi connectivity index (χ0n) is 19.3. The number of hydrogen-bond acceptors (Lipinski definition) is 4. The zero-order chi connectivity index (χ0) is 26.1. The summed E-state index contributed by atoms with van der Waals surface area (Å²) in [5.41, 5.74) is -0.0473. The van der Waals surface area contributed by atoms with E-state index in [0.29, 0.717) is 32.1 Å². The summed E-state index contributed by atoms with van der Waals surface area (Å²) in [5, 5.41) is 9.52. The van der Waals surface area contributed by atoms with Gasteiger partial charge < -0.3 is 10.0 Å². The van der Waals surface area contributed by atoms with Crippen LogP contribution >= 0.6 is 0 Å². The predicted molar refractivity (Wildman–Crippen MR) is 124 cm³/mol. The van der Waals surface area contributed by atoms with Crippen molar-refractivity contribution in [2.24, 2.45) is 11.8 Å². The molecular formula is C25H27F3N2O5S. The number of aliphatic carboxylic acids is 1.